The van der Waals surface area contributed by atoms with Crippen LogP contribution in [0, 0.1) is 11.3 Å². The third-order valence-electron chi connectivity index (χ3n) is 5.55. The van der Waals surface area contributed by atoms with Crippen molar-refractivity contribution in [2.75, 3.05) is 32.9 Å². The Labute approximate surface area is 142 Å². The molecular formula is C18H25N3O3. The molecular weight excluding hydrogens is 306 g/mol. The van der Waals surface area contributed by atoms with Gasteiger partial charge in [-0.3, -0.25) is 4.79 Å². The second-order valence-corrected chi connectivity index (χ2v) is 7.43. The number of aromatic nitrogens is 2. The van der Waals surface area contributed by atoms with Crippen LogP contribution in [0.4, 0.5) is 0 Å². The number of fused-ring (bicyclic) bond motifs is 1. The molecule has 2 atom stereocenters. The van der Waals surface area contributed by atoms with Gasteiger partial charge in [0.15, 0.2) is 0 Å². The van der Waals surface area contributed by atoms with E-state index in [9.17, 15) is 4.79 Å². The van der Waals surface area contributed by atoms with Gasteiger partial charge in [0.1, 0.15) is 0 Å². The molecule has 2 saturated heterocycles. The summed E-state index contributed by atoms with van der Waals surface area (Å²) in [5.41, 5.74) is 0.552. The van der Waals surface area contributed by atoms with Crippen LogP contribution in [0.3, 0.4) is 0 Å². The van der Waals surface area contributed by atoms with Gasteiger partial charge in [-0.2, -0.15) is 10.2 Å². The van der Waals surface area contributed by atoms with Crippen LogP contribution in [-0.2, 0) is 9.47 Å². The molecule has 3 aliphatic rings. The van der Waals surface area contributed by atoms with Crippen LogP contribution in [0.15, 0.2) is 18.5 Å². The monoisotopic (exact) mass is 331 g/mol. The van der Waals surface area contributed by atoms with E-state index >= 15 is 0 Å². The van der Waals surface area contributed by atoms with Gasteiger partial charge in [-0.25, -0.2) is 0 Å². The average molecular weight is 331 g/mol. The number of amides is 1. The molecule has 4 rings (SSSR count). The Morgan fingerprint density at radius 1 is 1.38 bits per heavy atom. The molecule has 0 aromatic carbocycles. The summed E-state index contributed by atoms with van der Waals surface area (Å²) in [5.74, 6) is 0.795. The summed E-state index contributed by atoms with van der Waals surface area (Å²) < 4.78 is 12.1. The van der Waals surface area contributed by atoms with E-state index in [1.165, 1.54) is 12.8 Å². The minimum absolute atomic E-state index is 0.0375. The van der Waals surface area contributed by atoms with E-state index in [0.717, 1.165) is 44.9 Å². The molecule has 3 heterocycles. The first-order chi connectivity index (χ1) is 11.8. The van der Waals surface area contributed by atoms with Crippen molar-refractivity contribution in [2.45, 2.75) is 38.2 Å². The molecule has 2 aliphatic heterocycles. The third kappa shape index (κ3) is 3.30. The van der Waals surface area contributed by atoms with Crippen LogP contribution < -0.4 is 0 Å². The van der Waals surface area contributed by atoms with Crippen molar-refractivity contribution in [1.29, 1.82) is 0 Å². The number of carbonyl (C=O) groups excluding carboxylic acids is 1. The van der Waals surface area contributed by atoms with Crippen LogP contribution in [-0.4, -0.2) is 60.0 Å². The van der Waals surface area contributed by atoms with E-state index in [1.807, 2.05) is 4.90 Å². The van der Waals surface area contributed by atoms with Gasteiger partial charge in [-0.1, -0.05) is 0 Å². The van der Waals surface area contributed by atoms with Crippen molar-refractivity contribution < 1.29 is 14.3 Å². The first kappa shape index (κ1) is 16.0. The number of piperidine rings is 1. The lowest BCUT2D eigenvalue weighted by molar-refractivity contribution is -0.147. The predicted octanol–water partition coefficient (Wildman–Crippen LogP) is 1.91. The molecule has 1 saturated carbocycles. The maximum Gasteiger partial charge on any atom is 0.255 e. The molecule has 1 aromatic rings. The summed E-state index contributed by atoms with van der Waals surface area (Å²) in [5, 5.41) is 7.58. The zero-order valence-electron chi connectivity index (χ0n) is 14.0. The van der Waals surface area contributed by atoms with Gasteiger partial charge in [-0.05, 0) is 44.1 Å². The molecule has 0 radical (unpaired) electrons. The van der Waals surface area contributed by atoms with Crippen LogP contribution in [0.5, 0.6) is 0 Å². The van der Waals surface area contributed by atoms with Crippen molar-refractivity contribution >= 4 is 5.91 Å². The number of likely N-dealkylation sites (tertiary alicyclic amines) is 1. The normalized spacial score (nSPS) is 30.0. The minimum atomic E-state index is -0.0541. The number of hydrogen-bond donors (Lipinski definition) is 0. The Bertz CT molecular complexity index is 578. The van der Waals surface area contributed by atoms with Crippen molar-refractivity contribution in [3.8, 4) is 0 Å². The van der Waals surface area contributed by atoms with Crippen molar-refractivity contribution in [2.24, 2.45) is 11.3 Å². The van der Waals surface area contributed by atoms with Crippen LogP contribution >= 0.6 is 0 Å². The Morgan fingerprint density at radius 2 is 2.29 bits per heavy atom. The lowest BCUT2D eigenvalue weighted by Gasteiger charge is -2.50. The van der Waals surface area contributed by atoms with Gasteiger partial charge in [-0.15, -0.1) is 0 Å². The van der Waals surface area contributed by atoms with Crippen molar-refractivity contribution in [3.63, 3.8) is 0 Å². The lowest BCUT2D eigenvalue weighted by atomic mass is 9.73. The summed E-state index contributed by atoms with van der Waals surface area (Å²) in [6, 6.07) is 1.73. The van der Waals surface area contributed by atoms with E-state index in [2.05, 4.69) is 10.2 Å². The Hall–Kier alpha value is -1.53. The number of carbonyl (C=O) groups is 1. The number of ether oxygens (including phenoxy) is 2. The Kier molecular flexibility index (Phi) is 4.50. The van der Waals surface area contributed by atoms with E-state index in [0.29, 0.717) is 18.7 Å². The van der Waals surface area contributed by atoms with E-state index in [1.54, 1.807) is 18.5 Å². The molecule has 6 nitrogen and oxygen atoms in total. The van der Waals surface area contributed by atoms with Gasteiger partial charge >= 0.3 is 0 Å². The highest BCUT2D eigenvalue weighted by Gasteiger charge is 2.47. The molecule has 6 heteroatoms. The standard InChI is InChI=1S/C18H25N3O3/c22-17(15-4-7-19-20-10-15)21-8-5-16-18(12-21,6-1-9-24-16)13-23-11-14-2-3-14/h4,7,10,14,16H,1-3,5-6,8-9,11-13H2/t16-,18+/m1/s1. The van der Waals surface area contributed by atoms with E-state index < -0.39 is 0 Å². The zero-order valence-corrected chi connectivity index (χ0v) is 14.0. The summed E-state index contributed by atoms with van der Waals surface area (Å²) in [4.78, 5) is 14.7. The molecule has 3 fully saturated rings. The smallest absolute Gasteiger partial charge is 0.255 e. The second-order valence-electron chi connectivity index (χ2n) is 7.43. The van der Waals surface area contributed by atoms with Crippen molar-refractivity contribution in [3.05, 3.63) is 24.0 Å². The largest absolute Gasteiger partial charge is 0.380 e. The highest BCUT2D eigenvalue weighted by Crippen LogP contribution is 2.41. The highest BCUT2D eigenvalue weighted by atomic mass is 16.5. The molecule has 0 unspecified atom stereocenters. The van der Waals surface area contributed by atoms with Crippen molar-refractivity contribution in [1.82, 2.24) is 15.1 Å². The molecule has 0 bridgehead atoms. The Morgan fingerprint density at radius 3 is 3.08 bits per heavy atom. The predicted molar refractivity (Wildman–Crippen MR) is 87.5 cm³/mol. The molecule has 130 valence electrons. The molecule has 1 aromatic heterocycles. The summed E-state index contributed by atoms with van der Waals surface area (Å²) in [6.07, 6.45) is 8.92. The van der Waals surface area contributed by atoms with Crippen LogP contribution in [0.2, 0.25) is 0 Å². The lowest BCUT2D eigenvalue weighted by Crippen LogP contribution is -2.58. The molecule has 1 amide bonds. The maximum absolute atomic E-state index is 12.8. The SMILES string of the molecule is O=C(c1ccnnc1)N1CC[C@H]2OCCC[C@@]2(COCC2CC2)C1. The number of rotatable bonds is 5. The maximum atomic E-state index is 12.8. The quantitative estimate of drug-likeness (QED) is 0.825. The summed E-state index contributed by atoms with van der Waals surface area (Å²) in [6.45, 7) is 3.83. The minimum Gasteiger partial charge on any atom is -0.380 e. The van der Waals surface area contributed by atoms with Gasteiger partial charge in [0, 0.05) is 31.7 Å². The van der Waals surface area contributed by atoms with Gasteiger partial charge in [0.05, 0.1) is 30.7 Å². The molecule has 0 spiro atoms. The van der Waals surface area contributed by atoms with Crippen LogP contribution in [0.1, 0.15) is 42.5 Å². The summed E-state index contributed by atoms with van der Waals surface area (Å²) in [7, 11) is 0. The molecule has 0 N–H and O–H groups in total. The summed E-state index contributed by atoms with van der Waals surface area (Å²) >= 11 is 0. The first-order valence-corrected chi connectivity index (χ1v) is 9.02. The van der Waals surface area contributed by atoms with Gasteiger partial charge < -0.3 is 14.4 Å². The fourth-order valence-electron chi connectivity index (χ4n) is 3.99. The third-order valence-corrected chi connectivity index (χ3v) is 5.55. The fourth-order valence-corrected chi connectivity index (χ4v) is 3.99. The Balaban J connectivity index is 1.46. The molecule has 24 heavy (non-hydrogen) atoms. The topological polar surface area (TPSA) is 64.6 Å². The second kappa shape index (κ2) is 6.76. The fraction of sp³-hybridized carbons (Fsp3) is 0.722. The van der Waals surface area contributed by atoms with E-state index in [4.69, 9.17) is 9.47 Å². The number of hydrogen-bond acceptors (Lipinski definition) is 5. The first-order valence-electron chi connectivity index (χ1n) is 9.02. The highest BCUT2D eigenvalue weighted by molar-refractivity contribution is 5.93. The zero-order chi connectivity index (χ0) is 16.4. The van der Waals surface area contributed by atoms with Crippen LogP contribution in [0.25, 0.3) is 0 Å². The molecule has 1 aliphatic carbocycles. The van der Waals surface area contributed by atoms with Gasteiger partial charge in [0.2, 0.25) is 0 Å². The average Bonchev–Trinajstić information content (AvgIpc) is 3.45. The van der Waals surface area contributed by atoms with E-state index in [-0.39, 0.29) is 17.4 Å². The number of nitrogens with zero attached hydrogens (tertiary/aromatic N) is 3. The van der Waals surface area contributed by atoms with Gasteiger partial charge in [0.25, 0.3) is 5.91 Å².